The average molecular weight is 282 g/mol. The van der Waals surface area contributed by atoms with Gasteiger partial charge in [-0.1, -0.05) is 6.92 Å². The van der Waals surface area contributed by atoms with Gasteiger partial charge in [0.2, 0.25) is 0 Å². The van der Waals surface area contributed by atoms with Crippen LogP contribution in [0.4, 0.5) is 0 Å². The highest BCUT2D eigenvalue weighted by Crippen LogP contribution is 2.48. The molecule has 0 aromatic carbocycles. The van der Waals surface area contributed by atoms with Crippen molar-refractivity contribution in [3.8, 4) is 0 Å². The molecule has 0 aromatic rings. The van der Waals surface area contributed by atoms with E-state index in [-0.39, 0.29) is 41.4 Å². The van der Waals surface area contributed by atoms with Crippen LogP contribution in [-0.4, -0.2) is 36.9 Å². The van der Waals surface area contributed by atoms with Crippen molar-refractivity contribution in [2.75, 3.05) is 13.2 Å². The zero-order valence-electron chi connectivity index (χ0n) is 12.1. The number of hydrogen-bond donors (Lipinski definition) is 0. The summed E-state index contributed by atoms with van der Waals surface area (Å²) in [6.45, 7) is 5.01. The maximum atomic E-state index is 12.3. The molecule has 2 heterocycles. The van der Waals surface area contributed by atoms with E-state index in [0.717, 1.165) is 25.9 Å². The van der Waals surface area contributed by atoms with Crippen molar-refractivity contribution in [3.63, 3.8) is 0 Å². The fourth-order valence-electron chi connectivity index (χ4n) is 3.96. The topological polar surface area (TPSA) is 61.8 Å². The molecule has 5 heteroatoms. The smallest absolute Gasteiger partial charge is 0.310 e. The molecule has 112 valence electrons. The molecule has 2 aliphatic heterocycles. The highest BCUT2D eigenvalue weighted by Gasteiger charge is 2.56. The fourth-order valence-corrected chi connectivity index (χ4v) is 3.96. The van der Waals surface area contributed by atoms with Gasteiger partial charge in [-0.25, -0.2) is 0 Å². The molecule has 2 bridgehead atoms. The highest BCUT2D eigenvalue weighted by atomic mass is 16.6. The summed E-state index contributed by atoms with van der Waals surface area (Å²) in [6, 6.07) is 0. The number of carbonyl (C=O) groups excluding carboxylic acids is 2. The normalized spacial score (nSPS) is 43.4. The number of hydrogen-bond acceptors (Lipinski definition) is 5. The Hall–Kier alpha value is -1.10. The van der Waals surface area contributed by atoms with Crippen molar-refractivity contribution in [2.45, 2.75) is 51.2 Å². The van der Waals surface area contributed by atoms with Gasteiger partial charge in [-0.15, -0.1) is 0 Å². The van der Waals surface area contributed by atoms with Gasteiger partial charge in [0.05, 0.1) is 17.9 Å². The SMILES string of the molecule is C[C@@H]1C[C@@]2(C)C[C@@H](C(=O)O2)[C@H]1C(=O)OC[C@H]1CCCO1. The largest absolute Gasteiger partial charge is 0.463 e. The molecule has 20 heavy (non-hydrogen) atoms. The molecule has 0 N–H and O–H groups in total. The van der Waals surface area contributed by atoms with Crippen LogP contribution in [0.25, 0.3) is 0 Å². The number of ether oxygens (including phenoxy) is 3. The van der Waals surface area contributed by atoms with Gasteiger partial charge in [0.1, 0.15) is 12.2 Å². The van der Waals surface area contributed by atoms with Crippen molar-refractivity contribution in [1.29, 1.82) is 0 Å². The quantitative estimate of drug-likeness (QED) is 0.737. The van der Waals surface area contributed by atoms with E-state index >= 15 is 0 Å². The lowest BCUT2D eigenvalue weighted by Crippen LogP contribution is -2.41. The molecule has 5 atom stereocenters. The van der Waals surface area contributed by atoms with Gasteiger partial charge < -0.3 is 14.2 Å². The van der Waals surface area contributed by atoms with Crippen molar-refractivity contribution >= 4 is 11.9 Å². The third kappa shape index (κ3) is 2.43. The molecular weight excluding hydrogens is 260 g/mol. The lowest BCUT2D eigenvalue weighted by Gasteiger charge is -2.34. The molecule has 5 nitrogen and oxygen atoms in total. The Bertz CT molecular complexity index is 414. The van der Waals surface area contributed by atoms with Crippen molar-refractivity contribution < 1.29 is 23.8 Å². The molecule has 3 fully saturated rings. The number of fused-ring (bicyclic) bond motifs is 2. The van der Waals surface area contributed by atoms with Crippen LogP contribution < -0.4 is 0 Å². The van der Waals surface area contributed by atoms with Crippen LogP contribution in [0.15, 0.2) is 0 Å². The summed E-state index contributed by atoms with van der Waals surface area (Å²) >= 11 is 0. The van der Waals surface area contributed by atoms with Crippen molar-refractivity contribution in [1.82, 2.24) is 0 Å². The number of rotatable bonds is 3. The first-order valence-electron chi connectivity index (χ1n) is 7.50. The van der Waals surface area contributed by atoms with Crippen LogP contribution in [0.5, 0.6) is 0 Å². The van der Waals surface area contributed by atoms with Crippen LogP contribution >= 0.6 is 0 Å². The summed E-state index contributed by atoms with van der Waals surface area (Å²) in [6.07, 6.45) is 3.36. The van der Waals surface area contributed by atoms with Gasteiger partial charge in [-0.3, -0.25) is 9.59 Å². The molecule has 2 saturated heterocycles. The first-order valence-corrected chi connectivity index (χ1v) is 7.50. The van der Waals surface area contributed by atoms with Crippen LogP contribution in [0.1, 0.15) is 39.5 Å². The predicted octanol–water partition coefficient (Wildman–Crippen LogP) is 1.69. The Morgan fingerprint density at radius 3 is 2.95 bits per heavy atom. The maximum Gasteiger partial charge on any atom is 0.310 e. The molecule has 0 aromatic heterocycles. The van der Waals surface area contributed by atoms with E-state index in [9.17, 15) is 9.59 Å². The molecule has 0 amide bonds. The molecule has 3 rings (SSSR count). The summed E-state index contributed by atoms with van der Waals surface area (Å²) in [5.41, 5.74) is -0.382. The lowest BCUT2D eigenvalue weighted by molar-refractivity contribution is -0.159. The summed E-state index contributed by atoms with van der Waals surface area (Å²) in [5.74, 6) is -1.09. The Morgan fingerprint density at radius 1 is 1.45 bits per heavy atom. The first kappa shape index (κ1) is 13.9. The number of carbonyl (C=O) groups is 2. The maximum absolute atomic E-state index is 12.3. The third-order valence-electron chi connectivity index (χ3n) is 4.81. The van der Waals surface area contributed by atoms with Gasteiger partial charge in [0.25, 0.3) is 0 Å². The minimum Gasteiger partial charge on any atom is -0.463 e. The predicted molar refractivity (Wildman–Crippen MR) is 69.8 cm³/mol. The molecule has 1 aliphatic carbocycles. The van der Waals surface area contributed by atoms with E-state index in [1.165, 1.54) is 0 Å². The van der Waals surface area contributed by atoms with E-state index in [1.807, 2.05) is 13.8 Å². The van der Waals surface area contributed by atoms with E-state index < -0.39 is 0 Å². The van der Waals surface area contributed by atoms with Gasteiger partial charge >= 0.3 is 11.9 Å². The monoisotopic (exact) mass is 282 g/mol. The third-order valence-corrected chi connectivity index (χ3v) is 4.81. The summed E-state index contributed by atoms with van der Waals surface area (Å²) in [4.78, 5) is 24.2. The van der Waals surface area contributed by atoms with Crippen molar-refractivity contribution in [2.24, 2.45) is 17.8 Å². The van der Waals surface area contributed by atoms with Crippen molar-refractivity contribution in [3.05, 3.63) is 0 Å². The highest BCUT2D eigenvalue weighted by molar-refractivity contribution is 5.84. The van der Waals surface area contributed by atoms with Crippen LogP contribution in [0.3, 0.4) is 0 Å². The van der Waals surface area contributed by atoms with Gasteiger partial charge in [0, 0.05) is 13.0 Å². The minimum absolute atomic E-state index is 0.0265. The molecule has 0 unspecified atom stereocenters. The van der Waals surface area contributed by atoms with Gasteiger partial charge in [0.15, 0.2) is 0 Å². The summed E-state index contributed by atoms with van der Waals surface area (Å²) in [7, 11) is 0. The minimum atomic E-state index is -0.382. The van der Waals surface area contributed by atoms with Gasteiger partial charge in [-0.05, 0) is 32.1 Å². The second kappa shape index (κ2) is 5.02. The van der Waals surface area contributed by atoms with E-state index in [0.29, 0.717) is 13.0 Å². The Kier molecular flexibility index (Phi) is 3.48. The second-order valence-corrected chi connectivity index (χ2v) is 6.65. The molecular formula is C15H22O5. The Balaban J connectivity index is 1.63. The molecule has 1 saturated carbocycles. The standard InChI is InChI=1S/C15H22O5/c1-9-6-15(2)7-11(13(16)20-15)12(9)14(17)19-8-10-4-3-5-18-10/h9-12H,3-8H2,1-2H3/t9-,10-,11-,12+,15+/m1/s1. The van der Waals surface area contributed by atoms with E-state index in [4.69, 9.17) is 14.2 Å². The van der Waals surface area contributed by atoms with Gasteiger partial charge in [-0.2, -0.15) is 0 Å². The zero-order valence-corrected chi connectivity index (χ0v) is 12.1. The van der Waals surface area contributed by atoms with E-state index in [2.05, 4.69) is 0 Å². The fraction of sp³-hybridized carbons (Fsp3) is 0.867. The molecule has 0 radical (unpaired) electrons. The van der Waals surface area contributed by atoms with Crippen LogP contribution in [0.2, 0.25) is 0 Å². The van der Waals surface area contributed by atoms with E-state index in [1.54, 1.807) is 0 Å². The lowest BCUT2D eigenvalue weighted by atomic mass is 9.69. The van der Waals surface area contributed by atoms with Crippen LogP contribution in [-0.2, 0) is 23.8 Å². The van der Waals surface area contributed by atoms with Crippen LogP contribution in [0, 0.1) is 17.8 Å². The second-order valence-electron chi connectivity index (χ2n) is 6.65. The summed E-state index contributed by atoms with van der Waals surface area (Å²) in [5, 5.41) is 0. The zero-order chi connectivity index (χ0) is 14.3. The Morgan fingerprint density at radius 2 is 2.25 bits per heavy atom. The average Bonchev–Trinajstić information content (AvgIpc) is 2.94. The molecule has 0 spiro atoms. The molecule has 3 aliphatic rings. The first-order chi connectivity index (χ1) is 9.48. The number of esters is 2. The Labute approximate surface area is 118 Å². The summed E-state index contributed by atoms with van der Waals surface area (Å²) < 4.78 is 16.3.